The van der Waals surface area contributed by atoms with Crippen molar-refractivity contribution in [1.82, 2.24) is 10.2 Å². The molecular weight excluding hydrogens is 468 g/mol. The summed E-state index contributed by atoms with van der Waals surface area (Å²) in [6.07, 6.45) is 0.472. The summed E-state index contributed by atoms with van der Waals surface area (Å²) in [5.41, 5.74) is 2.96. The number of hydrogen-bond acceptors (Lipinski definition) is 6. The third-order valence-corrected chi connectivity index (χ3v) is 7.40. The highest BCUT2D eigenvalue weighted by atomic mass is 16.6. The van der Waals surface area contributed by atoms with E-state index in [2.05, 4.69) is 15.1 Å². The lowest BCUT2D eigenvalue weighted by molar-refractivity contribution is -0.384. The quantitative estimate of drug-likeness (QED) is 0.368. The minimum atomic E-state index is -0.371. The van der Waals surface area contributed by atoms with Crippen molar-refractivity contribution >= 4 is 17.3 Å². The minimum absolute atomic E-state index is 0.0223. The Hall–Kier alpha value is -3.91. The molecule has 2 aliphatic heterocycles. The second kappa shape index (κ2) is 11.0. The molecule has 2 aliphatic rings. The maximum Gasteiger partial charge on any atom is 0.269 e. The number of piperazine rings is 1. The van der Waals surface area contributed by atoms with E-state index < -0.39 is 0 Å². The van der Waals surface area contributed by atoms with Crippen molar-refractivity contribution in [2.24, 2.45) is 5.92 Å². The van der Waals surface area contributed by atoms with Gasteiger partial charge in [0.15, 0.2) is 0 Å². The molecule has 3 aromatic rings. The second-order valence-corrected chi connectivity index (χ2v) is 9.74. The third-order valence-electron chi connectivity index (χ3n) is 7.40. The Morgan fingerprint density at radius 3 is 2.54 bits per heavy atom. The van der Waals surface area contributed by atoms with E-state index in [1.807, 2.05) is 73.7 Å². The number of carbonyl (C=O) groups excluding carboxylic acids is 1. The Labute approximate surface area is 217 Å². The first-order valence-corrected chi connectivity index (χ1v) is 12.8. The number of hydrogen-bond donors (Lipinski definition) is 1. The van der Waals surface area contributed by atoms with Gasteiger partial charge in [0, 0.05) is 44.0 Å². The zero-order valence-corrected chi connectivity index (χ0v) is 21.0. The molecule has 0 bridgehead atoms. The normalized spacial score (nSPS) is 19.9. The molecule has 192 valence electrons. The van der Waals surface area contributed by atoms with Crippen molar-refractivity contribution in [3.05, 3.63) is 100 Å². The van der Waals surface area contributed by atoms with E-state index in [1.54, 1.807) is 12.1 Å². The predicted molar refractivity (Wildman–Crippen MR) is 143 cm³/mol. The summed E-state index contributed by atoms with van der Waals surface area (Å²) in [5.74, 6) is 0.505. The van der Waals surface area contributed by atoms with Crippen LogP contribution in [-0.4, -0.2) is 54.6 Å². The van der Waals surface area contributed by atoms with Crippen molar-refractivity contribution in [3.63, 3.8) is 0 Å². The number of amides is 1. The van der Waals surface area contributed by atoms with E-state index in [0.29, 0.717) is 13.0 Å². The number of rotatable bonds is 8. The number of non-ortho nitro benzene ring substituents is 1. The first kappa shape index (κ1) is 24.8. The zero-order valence-electron chi connectivity index (χ0n) is 21.0. The predicted octanol–water partition coefficient (Wildman–Crippen LogP) is 4.21. The third kappa shape index (κ3) is 5.59. The van der Waals surface area contributed by atoms with Gasteiger partial charge in [0.25, 0.3) is 5.69 Å². The summed E-state index contributed by atoms with van der Waals surface area (Å²) in [6.45, 7) is 5.63. The highest BCUT2D eigenvalue weighted by Gasteiger charge is 2.42. The molecule has 37 heavy (non-hydrogen) atoms. The summed E-state index contributed by atoms with van der Waals surface area (Å²) in [6, 6.07) is 24.5. The van der Waals surface area contributed by atoms with Gasteiger partial charge in [-0.25, -0.2) is 0 Å². The van der Waals surface area contributed by atoms with Crippen LogP contribution >= 0.6 is 0 Å². The second-order valence-electron chi connectivity index (χ2n) is 9.74. The lowest BCUT2D eigenvalue weighted by Gasteiger charge is -2.49. The molecule has 0 aliphatic carbocycles. The van der Waals surface area contributed by atoms with Crippen LogP contribution in [0.5, 0.6) is 5.75 Å². The maximum absolute atomic E-state index is 13.7. The van der Waals surface area contributed by atoms with Crippen LogP contribution in [-0.2, 0) is 11.2 Å². The number of nitrogens with zero attached hydrogens (tertiary/aromatic N) is 3. The molecule has 2 heterocycles. The molecule has 1 amide bonds. The first-order chi connectivity index (χ1) is 18.0. The molecule has 3 atom stereocenters. The SMILES string of the molecule is CC(NC(=O)C1Cc2cc([N+](=O)[O-])ccc2N2CCN(CCOc3ccccc3)CC12)c1ccccc1. The summed E-state index contributed by atoms with van der Waals surface area (Å²) in [7, 11) is 0. The Kier molecular flexibility index (Phi) is 7.37. The van der Waals surface area contributed by atoms with E-state index in [0.717, 1.165) is 48.7 Å². The molecule has 1 N–H and O–H groups in total. The number of nitro benzene ring substituents is 1. The van der Waals surface area contributed by atoms with Gasteiger partial charge >= 0.3 is 0 Å². The zero-order chi connectivity index (χ0) is 25.8. The fourth-order valence-corrected chi connectivity index (χ4v) is 5.44. The molecule has 8 heteroatoms. The first-order valence-electron chi connectivity index (χ1n) is 12.8. The van der Waals surface area contributed by atoms with E-state index in [9.17, 15) is 14.9 Å². The number of nitrogens with one attached hydrogen (secondary N) is 1. The Bertz CT molecular complexity index is 1240. The number of nitro groups is 1. The van der Waals surface area contributed by atoms with Crippen molar-refractivity contribution in [1.29, 1.82) is 0 Å². The van der Waals surface area contributed by atoms with Gasteiger partial charge in [-0.05, 0) is 42.7 Å². The van der Waals surface area contributed by atoms with Gasteiger partial charge in [-0.1, -0.05) is 48.5 Å². The van der Waals surface area contributed by atoms with Gasteiger partial charge in [-0.2, -0.15) is 0 Å². The number of carbonyl (C=O) groups is 1. The van der Waals surface area contributed by atoms with Gasteiger partial charge in [-0.3, -0.25) is 19.8 Å². The molecular formula is C29H32N4O4. The fraction of sp³-hybridized carbons (Fsp3) is 0.345. The van der Waals surface area contributed by atoms with Crippen molar-refractivity contribution in [3.8, 4) is 5.75 Å². The van der Waals surface area contributed by atoms with Crippen LogP contribution in [0.3, 0.4) is 0 Å². The lowest BCUT2D eigenvalue weighted by Crippen LogP contribution is -2.61. The maximum atomic E-state index is 13.7. The Balaban J connectivity index is 1.34. The van der Waals surface area contributed by atoms with E-state index in [4.69, 9.17) is 4.74 Å². The monoisotopic (exact) mass is 500 g/mol. The number of para-hydroxylation sites is 1. The Morgan fingerprint density at radius 2 is 1.81 bits per heavy atom. The van der Waals surface area contributed by atoms with Crippen LogP contribution in [0.4, 0.5) is 11.4 Å². The van der Waals surface area contributed by atoms with Crippen LogP contribution < -0.4 is 15.0 Å². The lowest BCUT2D eigenvalue weighted by atomic mass is 9.83. The van der Waals surface area contributed by atoms with E-state index in [-0.39, 0.29) is 34.5 Å². The molecule has 0 spiro atoms. The molecule has 3 aromatic carbocycles. The van der Waals surface area contributed by atoms with E-state index in [1.165, 1.54) is 0 Å². The fourth-order valence-electron chi connectivity index (χ4n) is 5.44. The Morgan fingerprint density at radius 1 is 1.08 bits per heavy atom. The van der Waals surface area contributed by atoms with Crippen molar-refractivity contribution < 1.29 is 14.5 Å². The van der Waals surface area contributed by atoms with Crippen LogP contribution in [0.1, 0.15) is 24.1 Å². The summed E-state index contributed by atoms with van der Waals surface area (Å²) < 4.78 is 5.91. The van der Waals surface area contributed by atoms with Crippen molar-refractivity contribution in [2.75, 3.05) is 37.7 Å². The van der Waals surface area contributed by atoms with E-state index >= 15 is 0 Å². The van der Waals surface area contributed by atoms with Gasteiger partial charge in [0.1, 0.15) is 12.4 Å². The number of benzene rings is 3. The molecule has 0 saturated carbocycles. The average molecular weight is 501 g/mol. The summed E-state index contributed by atoms with van der Waals surface area (Å²) in [5, 5.41) is 14.6. The standard InChI is InChI=1S/C29H32N4O4/c1-21(22-8-4-2-5-9-22)30-29(34)26-19-23-18-24(33(35)36)12-13-27(23)32-15-14-31(20-28(26)32)16-17-37-25-10-6-3-7-11-25/h2-13,18,21,26,28H,14-17,19-20H2,1H3,(H,30,34). The average Bonchev–Trinajstić information content (AvgIpc) is 2.93. The minimum Gasteiger partial charge on any atom is -0.492 e. The van der Waals surface area contributed by atoms with Crippen LogP contribution in [0, 0.1) is 16.0 Å². The van der Waals surface area contributed by atoms with Crippen molar-refractivity contribution in [2.45, 2.75) is 25.4 Å². The number of ether oxygens (including phenoxy) is 1. The highest BCUT2D eigenvalue weighted by Crippen LogP contribution is 2.38. The molecule has 1 saturated heterocycles. The van der Waals surface area contributed by atoms with Gasteiger partial charge < -0.3 is 15.0 Å². The van der Waals surface area contributed by atoms with Gasteiger partial charge in [-0.15, -0.1) is 0 Å². The number of anilines is 1. The topological polar surface area (TPSA) is 87.9 Å². The number of fused-ring (bicyclic) bond motifs is 3. The summed E-state index contributed by atoms with van der Waals surface area (Å²) >= 11 is 0. The molecule has 5 rings (SSSR count). The van der Waals surface area contributed by atoms with Gasteiger partial charge in [0.2, 0.25) is 5.91 Å². The van der Waals surface area contributed by atoms with Gasteiger partial charge in [0.05, 0.1) is 22.9 Å². The molecule has 0 radical (unpaired) electrons. The smallest absolute Gasteiger partial charge is 0.269 e. The highest BCUT2D eigenvalue weighted by molar-refractivity contribution is 5.82. The molecule has 1 fully saturated rings. The molecule has 8 nitrogen and oxygen atoms in total. The van der Waals surface area contributed by atoms with Crippen LogP contribution in [0.2, 0.25) is 0 Å². The largest absolute Gasteiger partial charge is 0.492 e. The van der Waals surface area contributed by atoms with Crippen LogP contribution in [0.25, 0.3) is 0 Å². The molecule has 3 unspecified atom stereocenters. The molecule has 0 aromatic heterocycles. The van der Waals surface area contributed by atoms with Crippen LogP contribution in [0.15, 0.2) is 78.9 Å². The summed E-state index contributed by atoms with van der Waals surface area (Å²) in [4.78, 5) is 29.3.